The van der Waals surface area contributed by atoms with Crippen molar-refractivity contribution in [3.05, 3.63) is 158 Å². The Kier molecular flexibility index (Phi) is 5.14. The first-order chi connectivity index (χ1) is 23.8. The summed E-state index contributed by atoms with van der Waals surface area (Å²) >= 11 is 0. The molecule has 0 saturated heterocycles. The molecule has 0 aliphatic rings. The summed E-state index contributed by atoms with van der Waals surface area (Å²) in [5.41, 5.74) is 11.0. The monoisotopic (exact) mass is 610 g/mol. The summed E-state index contributed by atoms with van der Waals surface area (Å²) in [6, 6.07) is 56.7. The van der Waals surface area contributed by atoms with Crippen molar-refractivity contribution in [3.63, 3.8) is 0 Å². The van der Waals surface area contributed by atoms with Crippen molar-refractivity contribution >= 4 is 76.2 Å². The fourth-order valence-electron chi connectivity index (χ4n) is 8.31. The molecule has 0 aliphatic carbocycles. The molecule has 0 unspecified atom stereocenters. The number of furan rings is 2. The number of fused-ring (bicyclic) bond motifs is 5. The zero-order chi connectivity index (χ0) is 31.3. The van der Waals surface area contributed by atoms with E-state index in [2.05, 4.69) is 152 Å². The number of rotatable bonds is 3. The van der Waals surface area contributed by atoms with Gasteiger partial charge in [-0.15, -0.1) is 0 Å². The lowest BCUT2D eigenvalue weighted by atomic mass is 9.82. The molecule has 11 aromatic rings. The largest absolute Gasteiger partial charge is 0.456 e. The van der Waals surface area contributed by atoms with Crippen LogP contribution in [0.5, 0.6) is 0 Å². The molecule has 2 heterocycles. The van der Waals surface area contributed by atoms with Crippen molar-refractivity contribution in [2.24, 2.45) is 0 Å². The average Bonchev–Trinajstić information content (AvgIpc) is 3.72. The van der Waals surface area contributed by atoms with Crippen molar-refractivity contribution in [1.82, 2.24) is 0 Å². The lowest BCUT2D eigenvalue weighted by Crippen LogP contribution is -1.93. The highest BCUT2D eigenvalue weighted by atomic mass is 16.3. The number of para-hydroxylation sites is 1. The molecule has 2 nitrogen and oxygen atoms in total. The lowest BCUT2D eigenvalue weighted by molar-refractivity contribution is 0.669. The molecule has 0 aliphatic heterocycles. The third-order valence-electron chi connectivity index (χ3n) is 10.3. The van der Waals surface area contributed by atoms with E-state index < -0.39 is 0 Å². The molecule has 0 N–H and O–H groups in total. The summed E-state index contributed by atoms with van der Waals surface area (Å²) in [5.74, 6) is 0. The number of benzene rings is 9. The minimum absolute atomic E-state index is 0.904. The maximum Gasteiger partial charge on any atom is 0.136 e. The third-order valence-corrected chi connectivity index (χ3v) is 10.3. The van der Waals surface area contributed by atoms with Gasteiger partial charge in [-0.05, 0) is 96.0 Å². The van der Waals surface area contributed by atoms with Gasteiger partial charge in [0.1, 0.15) is 22.3 Å². The van der Waals surface area contributed by atoms with Crippen LogP contribution in [0.1, 0.15) is 0 Å². The van der Waals surface area contributed by atoms with Crippen molar-refractivity contribution in [2.75, 3.05) is 0 Å². The van der Waals surface area contributed by atoms with Gasteiger partial charge in [-0.2, -0.15) is 0 Å². The van der Waals surface area contributed by atoms with E-state index in [-0.39, 0.29) is 0 Å². The Morgan fingerprint density at radius 3 is 1.52 bits per heavy atom. The van der Waals surface area contributed by atoms with Gasteiger partial charge in [0.25, 0.3) is 0 Å². The van der Waals surface area contributed by atoms with E-state index >= 15 is 0 Å². The molecule has 0 radical (unpaired) electrons. The molecule has 11 rings (SSSR count). The van der Waals surface area contributed by atoms with Crippen LogP contribution < -0.4 is 0 Å². The Balaban J connectivity index is 1.26. The fraction of sp³-hybridized carbons (Fsp3) is 0. The van der Waals surface area contributed by atoms with E-state index in [0.717, 1.165) is 33.1 Å². The zero-order valence-electron chi connectivity index (χ0n) is 25.8. The standard InChI is InChI=1S/C46H26O2/c1-2-13-29(28(12-1)30-19-10-22-40-45(30)37-18-7-8-20-38(37)47-40)43-31-14-3-5-16-33(31)44(34-17-6-4-15-32(34)43)35-25-26-41-46-36(35)24-23-27-11-9-21-39(48-41)42(27)46/h1-26H. The van der Waals surface area contributed by atoms with Crippen LogP contribution in [0.25, 0.3) is 110 Å². The zero-order valence-corrected chi connectivity index (χ0v) is 25.8. The molecule has 0 amide bonds. The third kappa shape index (κ3) is 3.41. The smallest absolute Gasteiger partial charge is 0.136 e. The molecular weight excluding hydrogens is 585 g/mol. The molecule has 2 heteroatoms. The van der Waals surface area contributed by atoms with Crippen molar-refractivity contribution in [2.45, 2.75) is 0 Å². The summed E-state index contributed by atoms with van der Waals surface area (Å²) in [4.78, 5) is 0. The van der Waals surface area contributed by atoms with Crippen LogP contribution in [0, 0.1) is 0 Å². The Bertz CT molecular complexity index is 3010. The number of hydrogen-bond acceptors (Lipinski definition) is 2. The van der Waals surface area contributed by atoms with E-state index in [1.54, 1.807) is 0 Å². The molecule has 0 spiro atoms. The summed E-state index contributed by atoms with van der Waals surface area (Å²) < 4.78 is 12.7. The normalized spacial score (nSPS) is 12.2. The second kappa shape index (κ2) is 9.57. The van der Waals surface area contributed by atoms with Crippen LogP contribution in [0.3, 0.4) is 0 Å². The molecule has 48 heavy (non-hydrogen) atoms. The molecule has 0 atom stereocenters. The molecule has 0 bridgehead atoms. The molecule has 0 saturated carbocycles. The molecule has 9 aromatic carbocycles. The predicted molar refractivity (Wildman–Crippen MR) is 201 cm³/mol. The molecule has 0 fully saturated rings. The maximum atomic E-state index is 6.36. The van der Waals surface area contributed by atoms with Crippen LogP contribution in [-0.4, -0.2) is 0 Å². The van der Waals surface area contributed by atoms with Crippen LogP contribution in [0.2, 0.25) is 0 Å². The van der Waals surface area contributed by atoms with E-state index in [9.17, 15) is 0 Å². The summed E-state index contributed by atoms with van der Waals surface area (Å²) in [6.07, 6.45) is 0. The summed E-state index contributed by atoms with van der Waals surface area (Å²) in [7, 11) is 0. The highest BCUT2D eigenvalue weighted by molar-refractivity contribution is 6.29. The maximum absolute atomic E-state index is 6.36. The Morgan fingerprint density at radius 2 is 0.771 bits per heavy atom. The minimum Gasteiger partial charge on any atom is -0.456 e. The van der Waals surface area contributed by atoms with E-state index in [1.807, 2.05) is 6.07 Å². The quantitative estimate of drug-likeness (QED) is 0.147. The average molecular weight is 611 g/mol. The van der Waals surface area contributed by atoms with Crippen molar-refractivity contribution < 1.29 is 8.83 Å². The summed E-state index contributed by atoms with van der Waals surface area (Å²) in [6.45, 7) is 0. The van der Waals surface area contributed by atoms with Crippen LogP contribution in [0.4, 0.5) is 0 Å². The van der Waals surface area contributed by atoms with Gasteiger partial charge in [0, 0.05) is 21.5 Å². The summed E-state index contributed by atoms with van der Waals surface area (Å²) in [5, 5.41) is 12.0. The van der Waals surface area contributed by atoms with Gasteiger partial charge in [-0.3, -0.25) is 0 Å². The predicted octanol–water partition coefficient (Wildman–Crippen LogP) is 13.4. The van der Waals surface area contributed by atoms with Gasteiger partial charge >= 0.3 is 0 Å². The molecular formula is C46H26O2. The molecule has 2 aromatic heterocycles. The van der Waals surface area contributed by atoms with Crippen LogP contribution in [-0.2, 0) is 0 Å². The second-order valence-corrected chi connectivity index (χ2v) is 12.7. The Hall–Kier alpha value is -6.38. The first kappa shape index (κ1) is 25.8. The van der Waals surface area contributed by atoms with Gasteiger partial charge < -0.3 is 8.83 Å². The Labute approximate surface area is 275 Å². The lowest BCUT2D eigenvalue weighted by Gasteiger charge is -2.20. The Morgan fingerprint density at radius 1 is 0.250 bits per heavy atom. The highest BCUT2D eigenvalue weighted by Gasteiger charge is 2.23. The van der Waals surface area contributed by atoms with Gasteiger partial charge in [0.2, 0.25) is 0 Å². The van der Waals surface area contributed by atoms with Crippen LogP contribution >= 0.6 is 0 Å². The van der Waals surface area contributed by atoms with Crippen molar-refractivity contribution in [1.29, 1.82) is 0 Å². The first-order valence-electron chi connectivity index (χ1n) is 16.4. The minimum atomic E-state index is 0.904. The highest BCUT2D eigenvalue weighted by Crippen LogP contribution is 2.50. The topological polar surface area (TPSA) is 26.3 Å². The second-order valence-electron chi connectivity index (χ2n) is 12.7. The van der Waals surface area contributed by atoms with Gasteiger partial charge in [0.05, 0.1) is 0 Å². The fourth-order valence-corrected chi connectivity index (χ4v) is 8.31. The van der Waals surface area contributed by atoms with Crippen molar-refractivity contribution in [3.8, 4) is 33.4 Å². The first-order valence-corrected chi connectivity index (χ1v) is 16.4. The molecule has 222 valence electrons. The van der Waals surface area contributed by atoms with E-state index in [4.69, 9.17) is 8.83 Å². The van der Waals surface area contributed by atoms with Gasteiger partial charge in [-0.25, -0.2) is 0 Å². The van der Waals surface area contributed by atoms with Gasteiger partial charge in [-0.1, -0.05) is 127 Å². The van der Waals surface area contributed by atoms with E-state index in [0.29, 0.717) is 0 Å². The number of hydrogen-bond donors (Lipinski definition) is 0. The SMILES string of the molecule is c1ccc(-c2cccc3oc4ccccc4c23)c(-c2c3ccccc3c(-c3ccc4oc5cccc6ccc3c4c65)c3ccccc23)c1. The van der Waals surface area contributed by atoms with Crippen LogP contribution in [0.15, 0.2) is 167 Å². The van der Waals surface area contributed by atoms with E-state index in [1.165, 1.54) is 76.5 Å². The van der Waals surface area contributed by atoms with Gasteiger partial charge in [0.15, 0.2) is 0 Å².